The van der Waals surface area contributed by atoms with E-state index < -0.39 is 15.7 Å². The summed E-state index contributed by atoms with van der Waals surface area (Å²) in [6, 6.07) is 6.06. The standard InChI is InChI=1S/C14H20N2O3S/c15-12(11-6-2-1-3-7-11)10-20(19)14-9-5-4-8-13(14)16(17)18/h4-5,8-9,11-12H,1-3,6-7,10,15H2. The fourth-order valence-electron chi connectivity index (χ4n) is 2.76. The van der Waals surface area contributed by atoms with Gasteiger partial charge in [0.15, 0.2) is 0 Å². The van der Waals surface area contributed by atoms with Crippen LogP contribution in [-0.4, -0.2) is 20.9 Å². The maximum absolute atomic E-state index is 12.3. The van der Waals surface area contributed by atoms with Gasteiger partial charge in [-0.2, -0.15) is 0 Å². The second-order valence-electron chi connectivity index (χ2n) is 5.30. The van der Waals surface area contributed by atoms with Crippen molar-refractivity contribution in [2.45, 2.75) is 43.0 Å². The van der Waals surface area contributed by atoms with Gasteiger partial charge in [0, 0.05) is 17.9 Å². The molecule has 1 aromatic carbocycles. The summed E-state index contributed by atoms with van der Waals surface area (Å²) < 4.78 is 12.3. The Labute approximate surface area is 121 Å². The number of para-hydroxylation sites is 1. The number of nitrogens with zero attached hydrogens (tertiary/aromatic N) is 1. The molecular formula is C14H20N2O3S. The van der Waals surface area contributed by atoms with E-state index in [1.807, 2.05) is 0 Å². The van der Waals surface area contributed by atoms with Gasteiger partial charge in [-0.15, -0.1) is 0 Å². The van der Waals surface area contributed by atoms with Gasteiger partial charge in [-0.1, -0.05) is 31.4 Å². The summed E-state index contributed by atoms with van der Waals surface area (Å²) in [6.45, 7) is 0. The summed E-state index contributed by atoms with van der Waals surface area (Å²) in [5.41, 5.74) is 6.07. The maximum Gasteiger partial charge on any atom is 0.285 e. The molecule has 6 heteroatoms. The lowest BCUT2D eigenvalue weighted by atomic mass is 9.85. The highest BCUT2D eigenvalue weighted by molar-refractivity contribution is 7.85. The highest BCUT2D eigenvalue weighted by Gasteiger charge is 2.25. The molecule has 0 radical (unpaired) electrons. The molecule has 1 saturated carbocycles. The van der Waals surface area contributed by atoms with Gasteiger partial charge < -0.3 is 5.73 Å². The van der Waals surface area contributed by atoms with E-state index in [1.165, 1.54) is 25.3 Å². The molecule has 0 saturated heterocycles. The Morgan fingerprint density at radius 3 is 2.60 bits per heavy atom. The Hall–Kier alpha value is -1.27. The van der Waals surface area contributed by atoms with Crippen LogP contribution in [0.25, 0.3) is 0 Å². The van der Waals surface area contributed by atoms with Crippen molar-refractivity contribution in [3.63, 3.8) is 0 Å². The van der Waals surface area contributed by atoms with Gasteiger partial charge >= 0.3 is 0 Å². The zero-order valence-electron chi connectivity index (χ0n) is 11.4. The van der Waals surface area contributed by atoms with E-state index in [4.69, 9.17) is 5.73 Å². The van der Waals surface area contributed by atoms with Gasteiger partial charge in [0.1, 0.15) is 4.90 Å². The van der Waals surface area contributed by atoms with Crippen LogP contribution in [0.1, 0.15) is 32.1 Å². The normalized spacial score (nSPS) is 19.4. The lowest BCUT2D eigenvalue weighted by molar-refractivity contribution is -0.387. The highest BCUT2D eigenvalue weighted by atomic mass is 32.2. The van der Waals surface area contributed by atoms with E-state index in [0.29, 0.717) is 11.7 Å². The second-order valence-corrected chi connectivity index (χ2v) is 6.76. The number of hydrogen-bond donors (Lipinski definition) is 1. The largest absolute Gasteiger partial charge is 0.327 e. The molecule has 2 rings (SSSR count). The minimum absolute atomic E-state index is 0.0818. The summed E-state index contributed by atoms with van der Waals surface area (Å²) in [4.78, 5) is 10.7. The van der Waals surface area contributed by atoms with Crippen molar-refractivity contribution >= 4 is 16.5 Å². The van der Waals surface area contributed by atoms with Crippen molar-refractivity contribution in [2.75, 3.05) is 5.75 Å². The van der Waals surface area contributed by atoms with Crippen LogP contribution in [0.15, 0.2) is 29.2 Å². The Morgan fingerprint density at radius 2 is 1.95 bits per heavy atom. The van der Waals surface area contributed by atoms with Crippen LogP contribution >= 0.6 is 0 Å². The monoisotopic (exact) mass is 296 g/mol. The summed E-state index contributed by atoms with van der Waals surface area (Å²) in [5.74, 6) is 0.700. The highest BCUT2D eigenvalue weighted by Crippen LogP contribution is 2.28. The molecule has 0 aliphatic heterocycles. The van der Waals surface area contributed by atoms with E-state index in [1.54, 1.807) is 18.2 Å². The van der Waals surface area contributed by atoms with Crippen molar-refractivity contribution in [2.24, 2.45) is 11.7 Å². The lowest BCUT2D eigenvalue weighted by Gasteiger charge is -2.27. The third-order valence-corrected chi connectivity index (χ3v) is 5.43. The first kappa shape index (κ1) is 15.1. The van der Waals surface area contributed by atoms with E-state index in [0.717, 1.165) is 12.8 Å². The number of nitro benzene ring substituents is 1. The third kappa shape index (κ3) is 3.64. The molecule has 0 bridgehead atoms. The topological polar surface area (TPSA) is 86.2 Å². The van der Waals surface area contributed by atoms with E-state index in [9.17, 15) is 14.3 Å². The van der Waals surface area contributed by atoms with E-state index in [2.05, 4.69) is 0 Å². The molecule has 0 spiro atoms. The molecule has 0 aromatic heterocycles. The van der Waals surface area contributed by atoms with Crippen LogP contribution in [0.5, 0.6) is 0 Å². The fourth-order valence-corrected chi connectivity index (χ4v) is 4.17. The average molecular weight is 296 g/mol. The molecular weight excluding hydrogens is 276 g/mol. The molecule has 2 N–H and O–H groups in total. The van der Waals surface area contributed by atoms with Crippen LogP contribution in [0.4, 0.5) is 5.69 Å². The minimum Gasteiger partial charge on any atom is -0.327 e. The zero-order valence-corrected chi connectivity index (χ0v) is 12.2. The summed E-state index contributed by atoms with van der Waals surface area (Å²) in [6.07, 6.45) is 5.76. The summed E-state index contributed by atoms with van der Waals surface area (Å²) in [7, 11) is -1.41. The van der Waals surface area contributed by atoms with Crippen molar-refractivity contribution in [1.82, 2.24) is 0 Å². The van der Waals surface area contributed by atoms with E-state index in [-0.39, 0.29) is 16.6 Å². The molecule has 20 heavy (non-hydrogen) atoms. The number of benzene rings is 1. The second kappa shape index (κ2) is 6.95. The zero-order chi connectivity index (χ0) is 14.5. The Morgan fingerprint density at radius 1 is 1.30 bits per heavy atom. The van der Waals surface area contributed by atoms with Gasteiger partial charge in [-0.05, 0) is 24.8 Å². The summed E-state index contributed by atoms with van der Waals surface area (Å²) >= 11 is 0. The number of hydrogen-bond acceptors (Lipinski definition) is 4. The van der Waals surface area contributed by atoms with Gasteiger partial charge in [0.05, 0.1) is 15.7 Å². The molecule has 1 aliphatic rings. The third-order valence-electron chi connectivity index (χ3n) is 3.91. The Kier molecular flexibility index (Phi) is 5.25. The molecule has 110 valence electrons. The minimum atomic E-state index is -1.41. The Balaban J connectivity index is 2.06. The van der Waals surface area contributed by atoms with Gasteiger partial charge in [0.2, 0.25) is 0 Å². The first-order valence-corrected chi connectivity index (χ1v) is 8.29. The molecule has 0 heterocycles. The predicted octanol–water partition coefficient (Wildman–Crippen LogP) is 2.61. The molecule has 2 atom stereocenters. The fraction of sp³-hybridized carbons (Fsp3) is 0.571. The molecule has 0 amide bonds. The smallest absolute Gasteiger partial charge is 0.285 e. The van der Waals surface area contributed by atoms with Crippen molar-refractivity contribution < 1.29 is 9.13 Å². The van der Waals surface area contributed by atoms with Gasteiger partial charge in [0.25, 0.3) is 5.69 Å². The van der Waals surface area contributed by atoms with Crippen LogP contribution < -0.4 is 5.73 Å². The molecule has 5 nitrogen and oxygen atoms in total. The number of nitro groups is 1. The van der Waals surface area contributed by atoms with Crippen LogP contribution in [-0.2, 0) is 10.8 Å². The molecule has 1 aromatic rings. The SMILES string of the molecule is NC(CS(=O)c1ccccc1[N+](=O)[O-])C1CCCCC1. The van der Waals surface area contributed by atoms with Gasteiger partial charge in [-0.3, -0.25) is 14.3 Å². The van der Waals surface area contributed by atoms with Crippen molar-refractivity contribution in [1.29, 1.82) is 0 Å². The van der Waals surface area contributed by atoms with Crippen molar-refractivity contribution in [3.8, 4) is 0 Å². The lowest BCUT2D eigenvalue weighted by Crippen LogP contribution is -2.36. The average Bonchev–Trinajstić information content (AvgIpc) is 2.48. The maximum atomic E-state index is 12.3. The molecule has 2 unspecified atom stereocenters. The first-order chi connectivity index (χ1) is 9.59. The quantitative estimate of drug-likeness (QED) is 0.668. The van der Waals surface area contributed by atoms with Crippen LogP contribution in [0, 0.1) is 16.0 Å². The molecule has 1 fully saturated rings. The van der Waals surface area contributed by atoms with Crippen LogP contribution in [0.3, 0.4) is 0 Å². The number of rotatable bonds is 5. The van der Waals surface area contributed by atoms with Gasteiger partial charge in [-0.25, -0.2) is 0 Å². The van der Waals surface area contributed by atoms with Crippen LogP contribution in [0.2, 0.25) is 0 Å². The number of nitrogens with two attached hydrogens (primary N) is 1. The molecule has 1 aliphatic carbocycles. The predicted molar refractivity (Wildman–Crippen MR) is 78.9 cm³/mol. The van der Waals surface area contributed by atoms with Crippen molar-refractivity contribution in [3.05, 3.63) is 34.4 Å². The first-order valence-electron chi connectivity index (χ1n) is 6.97. The Bertz CT molecular complexity index is 501. The van der Waals surface area contributed by atoms with E-state index >= 15 is 0 Å². The summed E-state index contributed by atoms with van der Waals surface area (Å²) in [5, 5.41) is 11.0.